The van der Waals surface area contributed by atoms with Gasteiger partial charge in [-0.25, -0.2) is 0 Å². The highest BCUT2D eigenvalue weighted by Gasteiger charge is 2.47. The van der Waals surface area contributed by atoms with Crippen molar-refractivity contribution < 1.29 is 4.74 Å². The van der Waals surface area contributed by atoms with Crippen LogP contribution in [0.4, 0.5) is 5.82 Å². The van der Waals surface area contributed by atoms with Crippen LogP contribution in [0.25, 0.3) is 5.65 Å². The molecule has 4 heterocycles. The van der Waals surface area contributed by atoms with Gasteiger partial charge >= 0.3 is 0 Å². The number of hydrogen-bond acceptors (Lipinski definition) is 6. The van der Waals surface area contributed by atoms with Gasteiger partial charge in [-0.15, -0.1) is 15.3 Å². The Hall–Kier alpha value is -1.73. The molecule has 118 valence electrons. The van der Waals surface area contributed by atoms with Crippen LogP contribution in [0.2, 0.25) is 0 Å². The molecule has 0 aromatic carbocycles. The standard InChI is InChI=1S/C15H22N6O/c1-19(2)7-12-5-6-15(22-8-12)9-20(10-15)14-4-3-13-17-16-11-21(13)18-14/h3-4,11-12H,5-10H2,1-2H3. The summed E-state index contributed by atoms with van der Waals surface area (Å²) >= 11 is 0. The van der Waals surface area contributed by atoms with Crippen molar-refractivity contribution in [1.82, 2.24) is 24.7 Å². The monoisotopic (exact) mass is 302 g/mol. The van der Waals surface area contributed by atoms with Gasteiger partial charge in [0.15, 0.2) is 5.65 Å². The van der Waals surface area contributed by atoms with Crippen LogP contribution >= 0.6 is 0 Å². The van der Waals surface area contributed by atoms with Crippen molar-refractivity contribution in [1.29, 1.82) is 0 Å². The van der Waals surface area contributed by atoms with E-state index in [0.29, 0.717) is 5.92 Å². The maximum absolute atomic E-state index is 6.21. The predicted molar refractivity (Wildman–Crippen MR) is 83.0 cm³/mol. The van der Waals surface area contributed by atoms with Crippen LogP contribution in [0.1, 0.15) is 12.8 Å². The third kappa shape index (κ3) is 2.44. The summed E-state index contributed by atoms with van der Waals surface area (Å²) in [5, 5.41) is 12.4. The van der Waals surface area contributed by atoms with Gasteiger partial charge in [0.25, 0.3) is 0 Å². The van der Waals surface area contributed by atoms with Crippen LogP contribution in [0.3, 0.4) is 0 Å². The van der Waals surface area contributed by atoms with E-state index in [4.69, 9.17) is 4.74 Å². The highest BCUT2D eigenvalue weighted by Crippen LogP contribution is 2.37. The maximum Gasteiger partial charge on any atom is 0.177 e. The van der Waals surface area contributed by atoms with E-state index < -0.39 is 0 Å². The molecule has 2 aliphatic heterocycles. The minimum absolute atomic E-state index is 0.0483. The lowest BCUT2D eigenvalue weighted by atomic mass is 9.83. The fraction of sp³-hybridized carbons (Fsp3) is 0.667. The van der Waals surface area contributed by atoms with Gasteiger partial charge in [0, 0.05) is 6.54 Å². The molecule has 2 aromatic heterocycles. The number of ether oxygens (including phenoxy) is 1. The predicted octanol–water partition coefficient (Wildman–Crippen LogP) is 0.671. The van der Waals surface area contributed by atoms with Crippen molar-refractivity contribution >= 4 is 11.5 Å². The summed E-state index contributed by atoms with van der Waals surface area (Å²) in [6.45, 7) is 3.86. The summed E-state index contributed by atoms with van der Waals surface area (Å²) in [6, 6.07) is 3.96. The zero-order valence-electron chi connectivity index (χ0n) is 13.1. The molecule has 0 N–H and O–H groups in total. The summed E-state index contributed by atoms with van der Waals surface area (Å²) in [6.07, 6.45) is 4.04. The molecule has 2 aromatic rings. The van der Waals surface area contributed by atoms with Crippen molar-refractivity contribution in [2.75, 3.05) is 45.2 Å². The van der Waals surface area contributed by atoms with Crippen LogP contribution in [-0.4, -0.2) is 70.6 Å². The van der Waals surface area contributed by atoms with Crippen molar-refractivity contribution in [3.63, 3.8) is 0 Å². The second-order valence-corrected chi connectivity index (χ2v) is 6.84. The van der Waals surface area contributed by atoms with E-state index in [0.717, 1.165) is 44.1 Å². The molecule has 7 nitrogen and oxygen atoms in total. The van der Waals surface area contributed by atoms with Gasteiger partial charge in [-0.1, -0.05) is 0 Å². The molecule has 4 rings (SSSR count). The minimum Gasteiger partial charge on any atom is -0.371 e. The average molecular weight is 302 g/mol. The Balaban J connectivity index is 1.37. The third-order valence-electron chi connectivity index (χ3n) is 4.69. The maximum atomic E-state index is 6.21. The number of hydrogen-bond donors (Lipinski definition) is 0. The number of aromatic nitrogens is 4. The lowest BCUT2D eigenvalue weighted by Gasteiger charge is -2.53. The molecular formula is C15H22N6O. The Morgan fingerprint density at radius 3 is 2.95 bits per heavy atom. The van der Waals surface area contributed by atoms with Crippen LogP contribution in [-0.2, 0) is 4.74 Å². The Morgan fingerprint density at radius 1 is 1.36 bits per heavy atom. The Bertz CT molecular complexity index is 653. The van der Waals surface area contributed by atoms with E-state index in [-0.39, 0.29) is 5.60 Å². The van der Waals surface area contributed by atoms with Gasteiger partial charge in [0.05, 0.1) is 19.7 Å². The highest BCUT2D eigenvalue weighted by atomic mass is 16.5. The lowest BCUT2D eigenvalue weighted by molar-refractivity contribution is -0.118. The van der Waals surface area contributed by atoms with E-state index in [1.165, 1.54) is 6.42 Å². The molecule has 22 heavy (non-hydrogen) atoms. The topological polar surface area (TPSA) is 58.8 Å². The van der Waals surface area contributed by atoms with Gasteiger partial charge in [-0.2, -0.15) is 4.52 Å². The molecule has 1 unspecified atom stereocenters. The summed E-state index contributed by atoms with van der Waals surface area (Å²) < 4.78 is 7.93. The Kier molecular flexibility index (Phi) is 3.27. The second kappa shape index (κ2) is 5.17. The molecule has 2 saturated heterocycles. The van der Waals surface area contributed by atoms with E-state index in [2.05, 4.69) is 39.2 Å². The van der Waals surface area contributed by atoms with E-state index in [9.17, 15) is 0 Å². The van der Waals surface area contributed by atoms with Crippen molar-refractivity contribution in [2.45, 2.75) is 18.4 Å². The number of fused-ring (bicyclic) bond motifs is 1. The van der Waals surface area contributed by atoms with Crippen LogP contribution in [0.5, 0.6) is 0 Å². The smallest absolute Gasteiger partial charge is 0.177 e. The van der Waals surface area contributed by atoms with E-state index in [1.54, 1.807) is 10.8 Å². The Morgan fingerprint density at radius 2 is 2.23 bits per heavy atom. The average Bonchev–Trinajstić information content (AvgIpc) is 2.92. The van der Waals surface area contributed by atoms with Crippen LogP contribution < -0.4 is 4.90 Å². The minimum atomic E-state index is 0.0483. The zero-order chi connectivity index (χ0) is 15.2. The van der Waals surface area contributed by atoms with Crippen molar-refractivity contribution in [2.24, 2.45) is 5.92 Å². The normalized spacial score (nSPS) is 24.1. The van der Waals surface area contributed by atoms with Gasteiger partial charge in [-0.3, -0.25) is 0 Å². The molecular weight excluding hydrogens is 280 g/mol. The summed E-state index contributed by atoms with van der Waals surface area (Å²) in [5.41, 5.74) is 0.826. The first kappa shape index (κ1) is 13.9. The summed E-state index contributed by atoms with van der Waals surface area (Å²) in [4.78, 5) is 4.52. The molecule has 7 heteroatoms. The van der Waals surface area contributed by atoms with E-state index in [1.807, 2.05) is 12.1 Å². The molecule has 1 atom stereocenters. The third-order valence-corrected chi connectivity index (χ3v) is 4.69. The molecule has 0 bridgehead atoms. The van der Waals surface area contributed by atoms with Crippen LogP contribution in [0, 0.1) is 5.92 Å². The molecule has 2 fully saturated rings. The molecule has 0 aliphatic carbocycles. The van der Waals surface area contributed by atoms with Gasteiger partial charge in [0.2, 0.25) is 0 Å². The molecule has 2 aliphatic rings. The lowest BCUT2D eigenvalue weighted by Crippen LogP contribution is -2.65. The molecule has 0 amide bonds. The fourth-order valence-corrected chi connectivity index (χ4v) is 3.53. The molecule has 1 spiro atoms. The fourth-order valence-electron chi connectivity index (χ4n) is 3.53. The second-order valence-electron chi connectivity index (χ2n) is 6.84. The summed E-state index contributed by atoms with van der Waals surface area (Å²) in [7, 11) is 4.25. The van der Waals surface area contributed by atoms with E-state index >= 15 is 0 Å². The first-order chi connectivity index (χ1) is 10.6. The molecule has 0 radical (unpaired) electrons. The van der Waals surface area contributed by atoms with Gasteiger partial charge in [0.1, 0.15) is 17.7 Å². The Labute approximate surface area is 129 Å². The van der Waals surface area contributed by atoms with Gasteiger partial charge in [-0.05, 0) is 45.0 Å². The first-order valence-electron chi connectivity index (χ1n) is 7.84. The SMILES string of the molecule is CN(C)CC1CCC2(CN(c3ccc4nncn4n3)C2)OC1. The highest BCUT2D eigenvalue weighted by molar-refractivity contribution is 5.48. The quantitative estimate of drug-likeness (QED) is 0.831. The number of anilines is 1. The summed E-state index contributed by atoms with van der Waals surface area (Å²) in [5.74, 6) is 1.64. The van der Waals surface area contributed by atoms with Gasteiger partial charge < -0.3 is 14.5 Å². The largest absolute Gasteiger partial charge is 0.371 e. The van der Waals surface area contributed by atoms with Crippen LogP contribution in [0.15, 0.2) is 18.5 Å². The zero-order valence-corrected chi connectivity index (χ0v) is 13.1. The molecule has 0 saturated carbocycles. The number of rotatable bonds is 3. The van der Waals surface area contributed by atoms with Crippen molar-refractivity contribution in [3.8, 4) is 0 Å². The number of nitrogens with zero attached hydrogens (tertiary/aromatic N) is 6. The first-order valence-corrected chi connectivity index (χ1v) is 7.84. The van der Waals surface area contributed by atoms with Crippen molar-refractivity contribution in [3.05, 3.63) is 18.5 Å².